The number of ether oxygens (including phenoxy) is 1. The topological polar surface area (TPSA) is 70.0 Å². The summed E-state index contributed by atoms with van der Waals surface area (Å²) < 4.78 is 6.01. The Balaban J connectivity index is 1.89. The van der Waals surface area contributed by atoms with Crippen LogP contribution in [0.1, 0.15) is 12.0 Å². The minimum absolute atomic E-state index is 0.0486. The van der Waals surface area contributed by atoms with E-state index in [2.05, 4.69) is 15.9 Å². The Morgan fingerprint density at radius 1 is 1.40 bits per heavy atom. The number of aliphatic hydroxyl groups is 2. The summed E-state index contributed by atoms with van der Waals surface area (Å²) in [6.45, 7) is 0.429. The van der Waals surface area contributed by atoms with Crippen molar-refractivity contribution in [3.8, 4) is 5.75 Å². The largest absolute Gasteiger partial charge is 0.496 e. The highest BCUT2D eigenvalue weighted by Crippen LogP contribution is 2.26. The molecule has 1 heterocycles. The van der Waals surface area contributed by atoms with E-state index >= 15 is 0 Å². The lowest BCUT2D eigenvalue weighted by Gasteiger charge is -2.15. The quantitative estimate of drug-likeness (QED) is 0.854. The molecule has 1 aliphatic rings. The minimum Gasteiger partial charge on any atom is -0.496 e. The highest BCUT2D eigenvalue weighted by Gasteiger charge is 2.32. The van der Waals surface area contributed by atoms with Crippen LogP contribution in [0, 0.1) is 0 Å². The second-order valence-electron chi connectivity index (χ2n) is 4.90. The van der Waals surface area contributed by atoms with Crippen molar-refractivity contribution < 1.29 is 19.7 Å². The number of aliphatic hydroxyl groups excluding tert-OH is 2. The summed E-state index contributed by atoms with van der Waals surface area (Å²) in [6.07, 6.45) is -0.675. The fourth-order valence-corrected chi connectivity index (χ4v) is 2.84. The van der Waals surface area contributed by atoms with E-state index in [-0.39, 0.29) is 19.0 Å². The van der Waals surface area contributed by atoms with Gasteiger partial charge >= 0.3 is 0 Å². The molecule has 5 nitrogen and oxygen atoms in total. The Morgan fingerprint density at radius 3 is 2.60 bits per heavy atom. The lowest BCUT2D eigenvalue weighted by Crippen LogP contribution is -2.29. The molecule has 2 N–H and O–H groups in total. The van der Waals surface area contributed by atoms with Gasteiger partial charge in [0.2, 0.25) is 5.91 Å². The Morgan fingerprint density at radius 2 is 2.05 bits per heavy atom. The number of carbonyl (C=O) groups is 1. The lowest BCUT2D eigenvalue weighted by molar-refractivity contribution is -0.130. The van der Waals surface area contributed by atoms with Crippen molar-refractivity contribution in [3.05, 3.63) is 28.2 Å². The van der Waals surface area contributed by atoms with E-state index in [9.17, 15) is 15.0 Å². The van der Waals surface area contributed by atoms with Crippen molar-refractivity contribution in [2.45, 2.75) is 25.0 Å². The first-order valence-electron chi connectivity index (χ1n) is 6.47. The monoisotopic (exact) mass is 343 g/mol. The molecule has 110 valence electrons. The number of carbonyl (C=O) groups excluding carboxylic acids is 1. The first-order chi connectivity index (χ1) is 9.51. The molecule has 2 atom stereocenters. The maximum atomic E-state index is 12.0. The molecular weight excluding hydrogens is 326 g/mol. The molecule has 1 aromatic carbocycles. The van der Waals surface area contributed by atoms with Gasteiger partial charge in [-0.15, -0.1) is 0 Å². The van der Waals surface area contributed by atoms with E-state index < -0.39 is 12.2 Å². The van der Waals surface area contributed by atoms with Crippen LogP contribution in [0.3, 0.4) is 0 Å². The highest BCUT2D eigenvalue weighted by molar-refractivity contribution is 9.10. The summed E-state index contributed by atoms with van der Waals surface area (Å²) in [5.41, 5.74) is 1.03. The molecule has 1 amide bonds. The number of benzene rings is 1. The predicted molar refractivity (Wildman–Crippen MR) is 77.6 cm³/mol. The zero-order valence-electron chi connectivity index (χ0n) is 11.3. The van der Waals surface area contributed by atoms with E-state index in [0.717, 1.165) is 15.8 Å². The molecule has 1 aliphatic heterocycles. The fraction of sp³-hybridized carbons (Fsp3) is 0.500. The van der Waals surface area contributed by atoms with Crippen molar-refractivity contribution in [3.63, 3.8) is 0 Å². The molecule has 0 bridgehead atoms. The van der Waals surface area contributed by atoms with Crippen LogP contribution in [-0.2, 0) is 11.2 Å². The Bertz CT molecular complexity index is 484. The van der Waals surface area contributed by atoms with Crippen LogP contribution in [0.25, 0.3) is 0 Å². The fourth-order valence-electron chi connectivity index (χ4n) is 2.25. The molecule has 2 rings (SSSR count). The number of β-amino-alcohol motifs (C(OH)–C–C–N with tert-alkyl or cyclic N) is 2. The summed E-state index contributed by atoms with van der Waals surface area (Å²) >= 11 is 3.41. The number of methoxy groups -OCH3 is 1. The van der Waals surface area contributed by atoms with Crippen LogP contribution in [0.4, 0.5) is 0 Å². The third kappa shape index (κ3) is 3.50. The second kappa shape index (κ2) is 6.56. The standard InChI is InChI=1S/C14H18BrNO4/c1-20-13-4-2-9(6-10(13)15)3-5-14(19)16-7-11(17)12(18)8-16/h2,4,6,11-12,17-18H,3,5,7-8H2,1H3/t11-,12+. The third-order valence-corrected chi connectivity index (χ3v) is 4.08. The number of nitrogens with zero attached hydrogens (tertiary/aromatic N) is 1. The smallest absolute Gasteiger partial charge is 0.223 e. The van der Waals surface area contributed by atoms with Gasteiger partial charge in [-0.2, -0.15) is 0 Å². The second-order valence-corrected chi connectivity index (χ2v) is 5.76. The molecule has 0 saturated carbocycles. The third-order valence-electron chi connectivity index (χ3n) is 3.46. The Hall–Kier alpha value is -1.11. The van der Waals surface area contributed by atoms with Gasteiger partial charge in [0.05, 0.1) is 23.8 Å². The van der Waals surface area contributed by atoms with Crippen molar-refractivity contribution >= 4 is 21.8 Å². The molecular formula is C14H18BrNO4. The minimum atomic E-state index is -0.825. The van der Waals surface area contributed by atoms with Crippen molar-refractivity contribution in [2.24, 2.45) is 0 Å². The number of rotatable bonds is 4. The predicted octanol–water partition coefficient (Wildman–Crippen LogP) is 0.954. The van der Waals surface area contributed by atoms with Crippen molar-refractivity contribution in [1.29, 1.82) is 0 Å². The van der Waals surface area contributed by atoms with E-state index in [1.807, 2.05) is 18.2 Å². The normalized spacial score (nSPS) is 22.1. The first kappa shape index (κ1) is 15.3. The molecule has 0 spiro atoms. The maximum Gasteiger partial charge on any atom is 0.223 e. The van der Waals surface area contributed by atoms with E-state index in [0.29, 0.717) is 12.8 Å². The first-order valence-corrected chi connectivity index (χ1v) is 7.27. The zero-order chi connectivity index (χ0) is 14.7. The van der Waals surface area contributed by atoms with Gasteiger partial charge in [0, 0.05) is 19.5 Å². The summed E-state index contributed by atoms with van der Waals surface area (Å²) in [5.74, 6) is 0.707. The van der Waals surface area contributed by atoms with Gasteiger partial charge in [0.25, 0.3) is 0 Å². The molecule has 0 aliphatic carbocycles. The van der Waals surface area contributed by atoms with Gasteiger partial charge < -0.3 is 19.8 Å². The van der Waals surface area contributed by atoms with Gasteiger partial charge in [-0.1, -0.05) is 6.07 Å². The highest BCUT2D eigenvalue weighted by atomic mass is 79.9. The van der Waals surface area contributed by atoms with Gasteiger partial charge in [-0.3, -0.25) is 4.79 Å². The van der Waals surface area contributed by atoms with Crippen LogP contribution in [0.2, 0.25) is 0 Å². The molecule has 0 unspecified atom stereocenters. The van der Waals surface area contributed by atoms with Crippen LogP contribution in [0.5, 0.6) is 5.75 Å². The van der Waals surface area contributed by atoms with Crippen LogP contribution < -0.4 is 4.74 Å². The van der Waals surface area contributed by atoms with Crippen LogP contribution in [-0.4, -0.2) is 53.4 Å². The number of amides is 1. The van der Waals surface area contributed by atoms with Gasteiger partial charge in [0.15, 0.2) is 0 Å². The van der Waals surface area contributed by atoms with Crippen molar-refractivity contribution in [2.75, 3.05) is 20.2 Å². The molecule has 1 saturated heterocycles. The SMILES string of the molecule is COc1ccc(CCC(=O)N2C[C@@H](O)[C@@H](O)C2)cc1Br. The number of hydrogen-bond donors (Lipinski definition) is 2. The molecule has 1 fully saturated rings. The summed E-state index contributed by atoms with van der Waals surface area (Å²) in [5, 5.41) is 18.9. The van der Waals surface area contributed by atoms with Crippen LogP contribution >= 0.6 is 15.9 Å². The molecule has 0 radical (unpaired) electrons. The summed E-state index contributed by atoms with van der Waals surface area (Å²) in [7, 11) is 1.60. The molecule has 1 aromatic rings. The van der Waals surface area contributed by atoms with Gasteiger partial charge in [-0.05, 0) is 40.0 Å². The average Bonchev–Trinajstić information content (AvgIpc) is 2.76. The number of aryl methyl sites for hydroxylation is 1. The maximum absolute atomic E-state index is 12.0. The van der Waals surface area contributed by atoms with Crippen molar-refractivity contribution in [1.82, 2.24) is 4.90 Å². The number of hydrogen-bond acceptors (Lipinski definition) is 4. The zero-order valence-corrected chi connectivity index (χ0v) is 12.8. The Kier molecular flexibility index (Phi) is 5.01. The van der Waals surface area contributed by atoms with Gasteiger partial charge in [0.1, 0.15) is 5.75 Å². The van der Waals surface area contributed by atoms with E-state index in [1.54, 1.807) is 7.11 Å². The molecule has 20 heavy (non-hydrogen) atoms. The van der Waals surface area contributed by atoms with E-state index in [4.69, 9.17) is 4.74 Å². The number of halogens is 1. The van der Waals surface area contributed by atoms with E-state index in [1.165, 1.54) is 4.90 Å². The summed E-state index contributed by atoms with van der Waals surface area (Å²) in [6, 6.07) is 5.71. The van der Waals surface area contributed by atoms with Gasteiger partial charge in [-0.25, -0.2) is 0 Å². The number of likely N-dealkylation sites (tertiary alicyclic amines) is 1. The summed E-state index contributed by atoms with van der Waals surface area (Å²) in [4.78, 5) is 13.5. The average molecular weight is 344 g/mol. The molecule has 0 aromatic heterocycles. The van der Waals surface area contributed by atoms with Crippen LogP contribution in [0.15, 0.2) is 22.7 Å². The lowest BCUT2D eigenvalue weighted by atomic mass is 10.1. The Labute approximate surface area is 126 Å². The molecule has 6 heteroatoms.